The SMILES string of the molecule is Cc1ccc(O)c(C(=O)N(C)CC(N)=S)c1. The summed E-state index contributed by atoms with van der Waals surface area (Å²) in [6, 6.07) is 4.87. The Morgan fingerprint density at radius 2 is 2.19 bits per heavy atom. The van der Waals surface area contributed by atoms with Gasteiger partial charge in [0.2, 0.25) is 0 Å². The number of likely N-dealkylation sites (N-methyl/N-ethyl adjacent to an activating group) is 1. The van der Waals surface area contributed by atoms with Gasteiger partial charge in [-0.15, -0.1) is 0 Å². The Kier molecular flexibility index (Phi) is 3.84. The summed E-state index contributed by atoms with van der Waals surface area (Å²) in [5.74, 6) is -0.334. The maximum Gasteiger partial charge on any atom is 0.257 e. The average Bonchev–Trinajstić information content (AvgIpc) is 2.19. The number of carbonyl (C=O) groups excluding carboxylic acids is 1. The van der Waals surface area contributed by atoms with E-state index in [1.165, 1.54) is 11.0 Å². The van der Waals surface area contributed by atoms with E-state index >= 15 is 0 Å². The molecule has 0 saturated heterocycles. The van der Waals surface area contributed by atoms with Crippen LogP contribution < -0.4 is 5.73 Å². The molecule has 3 N–H and O–H groups in total. The van der Waals surface area contributed by atoms with Crippen LogP contribution in [0.25, 0.3) is 0 Å². The van der Waals surface area contributed by atoms with Gasteiger partial charge in [0.1, 0.15) is 5.75 Å². The van der Waals surface area contributed by atoms with Gasteiger partial charge in [-0.05, 0) is 19.1 Å². The van der Waals surface area contributed by atoms with Crippen molar-refractivity contribution >= 4 is 23.1 Å². The van der Waals surface area contributed by atoms with Crippen LogP contribution in [-0.2, 0) is 0 Å². The first-order chi connectivity index (χ1) is 7.41. The summed E-state index contributed by atoms with van der Waals surface area (Å²) in [5.41, 5.74) is 6.52. The fourth-order valence-electron chi connectivity index (χ4n) is 1.33. The number of phenols is 1. The summed E-state index contributed by atoms with van der Waals surface area (Å²) < 4.78 is 0. The van der Waals surface area contributed by atoms with Crippen LogP contribution in [0, 0.1) is 6.92 Å². The number of aryl methyl sites for hydroxylation is 1. The van der Waals surface area contributed by atoms with Gasteiger partial charge in [0, 0.05) is 7.05 Å². The molecule has 0 aliphatic rings. The van der Waals surface area contributed by atoms with Crippen LogP contribution in [0.3, 0.4) is 0 Å². The molecule has 1 aromatic carbocycles. The lowest BCUT2D eigenvalue weighted by atomic mass is 10.1. The fourth-order valence-corrected chi connectivity index (χ4v) is 1.53. The predicted molar refractivity (Wildman–Crippen MR) is 66.6 cm³/mol. The number of thiocarbonyl (C=S) groups is 1. The third kappa shape index (κ3) is 2.93. The number of nitrogens with two attached hydrogens (primary N) is 1. The van der Waals surface area contributed by atoms with Gasteiger partial charge in [-0.1, -0.05) is 23.8 Å². The topological polar surface area (TPSA) is 66.6 Å². The van der Waals surface area contributed by atoms with Crippen molar-refractivity contribution in [2.75, 3.05) is 13.6 Å². The maximum atomic E-state index is 11.9. The van der Waals surface area contributed by atoms with E-state index < -0.39 is 0 Å². The second-order valence-electron chi connectivity index (χ2n) is 3.65. The fraction of sp³-hybridized carbons (Fsp3) is 0.273. The van der Waals surface area contributed by atoms with E-state index in [-0.39, 0.29) is 28.8 Å². The third-order valence-electron chi connectivity index (χ3n) is 2.12. The highest BCUT2D eigenvalue weighted by Crippen LogP contribution is 2.19. The van der Waals surface area contributed by atoms with Crippen molar-refractivity contribution in [3.05, 3.63) is 29.3 Å². The molecule has 0 bridgehead atoms. The summed E-state index contributed by atoms with van der Waals surface area (Å²) in [5, 5.41) is 9.58. The normalized spacial score (nSPS) is 9.88. The summed E-state index contributed by atoms with van der Waals surface area (Å²) in [7, 11) is 1.59. The summed E-state index contributed by atoms with van der Waals surface area (Å²) in [6.07, 6.45) is 0. The number of carbonyl (C=O) groups is 1. The van der Waals surface area contributed by atoms with E-state index in [1.807, 2.05) is 6.92 Å². The number of amides is 1. The lowest BCUT2D eigenvalue weighted by Gasteiger charge is -2.17. The third-order valence-corrected chi connectivity index (χ3v) is 2.25. The van der Waals surface area contributed by atoms with Crippen molar-refractivity contribution < 1.29 is 9.90 Å². The molecule has 0 radical (unpaired) electrons. The highest BCUT2D eigenvalue weighted by atomic mass is 32.1. The largest absolute Gasteiger partial charge is 0.507 e. The minimum absolute atomic E-state index is 0.0367. The van der Waals surface area contributed by atoms with Crippen molar-refractivity contribution in [3.8, 4) is 5.75 Å². The van der Waals surface area contributed by atoms with Gasteiger partial charge in [0.05, 0.1) is 17.1 Å². The molecule has 0 heterocycles. The highest BCUT2D eigenvalue weighted by Gasteiger charge is 2.16. The Morgan fingerprint density at radius 3 is 2.75 bits per heavy atom. The van der Waals surface area contributed by atoms with E-state index in [9.17, 15) is 9.90 Å². The molecule has 86 valence electrons. The van der Waals surface area contributed by atoms with E-state index in [0.717, 1.165) is 5.56 Å². The maximum absolute atomic E-state index is 11.9. The standard InChI is InChI=1S/C11H14N2O2S/c1-7-3-4-9(14)8(5-7)11(15)13(2)6-10(12)16/h3-5,14H,6H2,1-2H3,(H2,12,16). The van der Waals surface area contributed by atoms with Crippen molar-refractivity contribution in [2.45, 2.75) is 6.92 Å². The first-order valence-corrected chi connectivity index (χ1v) is 5.16. The zero-order chi connectivity index (χ0) is 12.3. The van der Waals surface area contributed by atoms with Crippen LogP contribution in [-0.4, -0.2) is 34.5 Å². The molecule has 1 aromatic rings. The van der Waals surface area contributed by atoms with E-state index in [2.05, 4.69) is 0 Å². The molecule has 0 aliphatic carbocycles. The number of hydrogen-bond acceptors (Lipinski definition) is 3. The van der Waals surface area contributed by atoms with E-state index in [4.69, 9.17) is 18.0 Å². The minimum atomic E-state index is -0.297. The quantitative estimate of drug-likeness (QED) is 0.773. The van der Waals surface area contributed by atoms with Crippen LogP contribution in [0.1, 0.15) is 15.9 Å². The number of benzene rings is 1. The Bertz CT molecular complexity index is 432. The number of phenolic OH excluding ortho intramolecular Hbond substituents is 1. The molecule has 5 heteroatoms. The predicted octanol–water partition coefficient (Wildman–Crippen LogP) is 1.06. The zero-order valence-electron chi connectivity index (χ0n) is 9.23. The second-order valence-corrected chi connectivity index (χ2v) is 4.17. The molecule has 0 aliphatic heterocycles. The number of aromatic hydroxyl groups is 1. The van der Waals surface area contributed by atoms with Gasteiger partial charge in [0.25, 0.3) is 5.91 Å². The summed E-state index contributed by atoms with van der Waals surface area (Å²) in [4.78, 5) is 13.5. The molecule has 0 atom stereocenters. The lowest BCUT2D eigenvalue weighted by Crippen LogP contribution is -2.34. The number of nitrogens with zero attached hydrogens (tertiary/aromatic N) is 1. The van der Waals surface area contributed by atoms with Gasteiger partial charge >= 0.3 is 0 Å². The first-order valence-electron chi connectivity index (χ1n) is 4.75. The molecule has 0 fully saturated rings. The lowest BCUT2D eigenvalue weighted by molar-refractivity contribution is 0.0812. The second kappa shape index (κ2) is 4.94. The molecular formula is C11H14N2O2S. The number of hydrogen-bond donors (Lipinski definition) is 2. The molecular weight excluding hydrogens is 224 g/mol. The highest BCUT2D eigenvalue weighted by molar-refractivity contribution is 7.80. The summed E-state index contributed by atoms with van der Waals surface area (Å²) in [6.45, 7) is 2.05. The summed E-state index contributed by atoms with van der Waals surface area (Å²) >= 11 is 4.72. The molecule has 0 spiro atoms. The van der Waals surface area contributed by atoms with Gasteiger partial charge < -0.3 is 15.7 Å². The molecule has 1 rings (SSSR count). The van der Waals surface area contributed by atoms with E-state index in [0.29, 0.717) is 0 Å². The molecule has 0 unspecified atom stereocenters. The van der Waals surface area contributed by atoms with Crippen LogP contribution >= 0.6 is 12.2 Å². The Hall–Kier alpha value is -1.62. The van der Waals surface area contributed by atoms with Crippen LogP contribution in [0.5, 0.6) is 5.75 Å². The van der Waals surface area contributed by atoms with E-state index in [1.54, 1.807) is 19.2 Å². The molecule has 16 heavy (non-hydrogen) atoms. The first kappa shape index (κ1) is 12.4. The Morgan fingerprint density at radius 1 is 1.56 bits per heavy atom. The van der Waals surface area contributed by atoms with Gasteiger partial charge in [-0.3, -0.25) is 4.79 Å². The monoisotopic (exact) mass is 238 g/mol. The molecule has 0 aromatic heterocycles. The van der Waals surface area contributed by atoms with Crippen LogP contribution in [0.2, 0.25) is 0 Å². The molecule has 1 amide bonds. The smallest absolute Gasteiger partial charge is 0.257 e. The minimum Gasteiger partial charge on any atom is -0.507 e. The van der Waals surface area contributed by atoms with Gasteiger partial charge in [-0.25, -0.2) is 0 Å². The number of rotatable bonds is 3. The van der Waals surface area contributed by atoms with Gasteiger partial charge in [-0.2, -0.15) is 0 Å². The van der Waals surface area contributed by atoms with Crippen LogP contribution in [0.4, 0.5) is 0 Å². The Balaban J connectivity index is 2.95. The van der Waals surface area contributed by atoms with Gasteiger partial charge in [0.15, 0.2) is 0 Å². The van der Waals surface area contributed by atoms with Crippen LogP contribution in [0.15, 0.2) is 18.2 Å². The Labute approximate surface area is 99.7 Å². The molecule has 0 saturated carbocycles. The van der Waals surface area contributed by atoms with Crippen molar-refractivity contribution in [2.24, 2.45) is 5.73 Å². The van der Waals surface area contributed by atoms with Crippen molar-refractivity contribution in [1.82, 2.24) is 4.90 Å². The zero-order valence-corrected chi connectivity index (χ0v) is 10.0. The molecule has 4 nitrogen and oxygen atoms in total. The van der Waals surface area contributed by atoms with Crippen molar-refractivity contribution in [3.63, 3.8) is 0 Å². The van der Waals surface area contributed by atoms with Crippen molar-refractivity contribution in [1.29, 1.82) is 0 Å². The average molecular weight is 238 g/mol.